The molecule has 0 aromatic heterocycles. The first kappa shape index (κ1) is 28.3. The van der Waals surface area contributed by atoms with E-state index in [1.807, 2.05) is 0 Å². The maximum Gasteiger partial charge on any atom is 0.408 e. The molecule has 0 aromatic carbocycles. The SMILES string of the molecule is COC(=O)[C@H](CSCC=C(C)CCC=C(C)CCC=C(C)C)NC(=O)OC(C)(C)C. The molecule has 5 nitrogen and oxygen atoms in total. The van der Waals surface area contributed by atoms with Gasteiger partial charge in [-0.15, -0.1) is 0 Å². The van der Waals surface area contributed by atoms with Crippen LogP contribution in [0.1, 0.15) is 74.1 Å². The summed E-state index contributed by atoms with van der Waals surface area (Å²) in [5.74, 6) is 0.736. The number of alkyl carbamates (subject to hydrolysis) is 1. The smallest absolute Gasteiger partial charge is 0.408 e. The van der Waals surface area contributed by atoms with Gasteiger partial charge in [-0.2, -0.15) is 11.8 Å². The Morgan fingerprint density at radius 2 is 1.53 bits per heavy atom. The number of esters is 1. The molecule has 0 heterocycles. The van der Waals surface area contributed by atoms with Crippen LogP contribution in [0.2, 0.25) is 0 Å². The summed E-state index contributed by atoms with van der Waals surface area (Å²) >= 11 is 1.58. The Morgan fingerprint density at radius 3 is 2.07 bits per heavy atom. The highest BCUT2D eigenvalue weighted by Crippen LogP contribution is 2.13. The minimum atomic E-state index is -0.727. The van der Waals surface area contributed by atoms with E-state index in [4.69, 9.17) is 9.47 Å². The molecule has 0 aromatic rings. The van der Waals surface area contributed by atoms with Gasteiger partial charge in [-0.1, -0.05) is 34.9 Å². The highest BCUT2D eigenvalue weighted by Gasteiger charge is 2.24. The van der Waals surface area contributed by atoms with E-state index in [1.54, 1.807) is 32.5 Å². The molecule has 0 bridgehead atoms. The highest BCUT2D eigenvalue weighted by atomic mass is 32.2. The van der Waals surface area contributed by atoms with E-state index in [1.165, 1.54) is 23.8 Å². The van der Waals surface area contributed by atoms with E-state index in [0.717, 1.165) is 31.4 Å². The lowest BCUT2D eigenvalue weighted by atomic mass is 10.1. The Balaban J connectivity index is 4.37. The molecule has 1 N–H and O–H groups in total. The van der Waals surface area contributed by atoms with E-state index in [-0.39, 0.29) is 0 Å². The molecule has 0 aliphatic rings. The predicted octanol–water partition coefficient (Wildman–Crippen LogP) is 6.21. The fourth-order valence-corrected chi connectivity index (χ4v) is 3.48. The van der Waals surface area contributed by atoms with Crippen LogP contribution in [-0.4, -0.2) is 42.3 Å². The first-order valence-corrected chi connectivity index (χ1v) is 11.7. The third-order valence-corrected chi connectivity index (χ3v) is 5.10. The highest BCUT2D eigenvalue weighted by molar-refractivity contribution is 7.99. The van der Waals surface area contributed by atoms with Crippen molar-refractivity contribution in [2.24, 2.45) is 0 Å². The van der Waals surface area contributed by atoms with Crippen molar-refractivity contribution >= 4 is 23.8 Å². The Hall–Kier alpha value is -1.69. The van der Waals surface area contributed by atoms with Crippen molar-refractivity contribution in [3.8, 4) is 0 Å². The van der Waals surface area contributed by atoms with Crippen LogP contribution in [0.3, 0.4) is 0 Å². The summed E-state index contributed by atoms with van der Waals surface area (Å²) < 4.78 is 10.0. The number of ether oxygens (including phenoxy) is 2. The van der Waals surface area contributed by atoms with Gasteiger partial charge in [0, 0.05) is 11.5 Å². The molecule has 0 saturated heterocycles. The molecular formula is C24H41NO4S. The molecule has 0 radical (unpaired) electrons. The van der Waals surface area contributed by atoms with Crippen molar-refractivity contribution in [3.63, 3.8) is 0 Å². The summed E-state index contributed by atoms with van der Waals surface area (Å²) in [4.78, 5) is 23.9. The quantitative estimate of drug-likeness (QED) is 0.223. The van der Waals surface area contributed by atoms with Gasteiger partial charge < -0.3 is 14.8 Å². The van der Waals surface area contributed by atoms with Crippen LogP contribution in [0.15, 0.2) is 34.9 Å². The number of hydrogen-bond acceptors (Lipinski definition) is 5. The van der Waals surface area contributed by atoms with E-state index >= 15 is 0 Å². The zero-order valence-electron chi connectivity index (χ0n) is 20.1. The minimum absolute atomic E-state index is 0.430. The second kappa shape index (κ2) is 15.2. The largest absolute Gasteiger partial charge is 0.467 e. The molecule has 0 spiro atoms. The fourth-order valence-electron chi connectivity index (χ4n) is 2.49. The summed E-state index contributed by atoms with van der Waals surface area (Å²) in [7, 11) is 1.32. The van der Waals surface area contributed by atoms with E-state index in [2.05, 4.69) is 51.2 Å². The fraction of sp³-hybridized carbons (Fsp3) is 0.667. The number of amides is 1. The summed E-state index contributed by atoms with van der Waals surface area (Å²) in [5, 5.41) is 2.59. The van der Waals surface area contributed by atoms with Crippen molar-refractivity contribution in [2.75, 3.05) is 18.6 Å². The Morgan fingerprint density at radius 1 is 0.967 bits per heavy atom. The molecule has 0 fully saturated rings. The monoisotopic (exact) mass is 439 g/mol. The van der Waals surface area contributed by atoms with Crippen LogP contribution in [0.5, 0.6) is 0 Å². The zero-order valence-corrected chi connectivity index (χ0v) is 20.9. The van der Waals surface area contributed by atoms with Crippen LogP contribution < -0.4 is 5.32 Å². The van der Waals surface area contributed by atoms with Gasteiger partial charge >= 0.3 is 12.1 Å². The van der Waals surface area contributed by atoms with Crippen molar-refractivity contribution in [2.45, 2.75) is 85.8 Å². The van der Waals surface area contributed by atoms with Gasteiger partial charge in [-0.3, -0.25) is 0 Å². The number of nitrogens with one attached hydrogen (secondary N) is 1. The third kappa shape index (κ3) is 16.1. The summed E-state index contributed by atoms with van der Waals surface area (Å²) in [5.41, 5.74) is 3.51. The average molecular weight is 440 g/mol. The zero-order chi connectivity index (χ0) is 23.2. The number of thioether (sulfide) groups is 1. The first-order valence-electron chi connectivity index (χ1n) is 10.5. The number of allylic oxidation sites excluding steroid dienone is 5. The lowest BCUT2D eigenvalue weighted by Crippen LogP contribution is -2.45. The molecule has 6 heteroatoms. The second-order valence-corrected chi connectivity index (χ2v) is 9.79. The second-order valence-electron chi connectivity index (χ2n) is 8.72. The Kier molecular flexibility index (Phi) is 14.3. The van der Waals surface area contributed by atoms with Crippen LogP contribution in [-0.2, 0) is 14.3 Å². The standard InChI is InChI=1S/C24H41NO4S/c1-18(2)11-9-12-19(3)13-10-14-20(4)15-16-30-17-21(22(26)28-8)25-23(27)29-24(5,6)7/h11,13,15,21H,9-10,12,14,16-17H2,1-8H3,(H,25,27)/t21-/m0/s1. The van der Waals surface area contributed by atoms with E-state index < -0.39 is 23.7 Å². The molecular weight excluding hydrogens is 398 g/mol. The maximum absolute atomic E-state index is 11.9. The van der Waals surface area contributed by atoms with Crippen molar-refractivity contribution in [3.05, 3.63) is 34.9 Å². The number of rotatable bonds is 12. The van der Waals surface area contributed by atoms with Gasteiger partial charge in [0.25, 0.3) is 0 Å². The summed E-state index contributed by atoms with van der Waals surface area (Å²) in [6.45, 7) is 13.9. The molecule has 1 atom stereocenters. The Bertz CT molecular complexity index is 626. The lowest BCUT2D eigenvalue weighted by molar-refractivity contribution is -0.142. The predicted molar refractivity (Wildman–Crippen MR) is 128 cm³/mol. The van der Waals surface area contributed by atoms with Gasteiger partial charge in [0.05, 0.1) is 7.11 Å². The number of carbonyl (C=O) groups excluding carboxylic acids is 2. The van der Waals surface area contributed by atoms with E-state index in [0.29, 0.717) is 5.75 Å². The van der Waals surface area contributed by atoms with Crippen molar-refractivity contribution in [1.82, 2.24) is 5.32 Å². The first-order chi connectivity index (χ1) is 13.9. The van der Waals surface area contributed by atoms with Crippen LogP contribution >= 0.6 is 11.8 Å². The summed E-state index contributed by atoms with van der Waals surface area (Å²) in [6, 6.07) is -0.727. The van der Waals surface area contributed by atoms with Crippen molar-refractivity contribution < 1.29 is 19.1 Å². The normalized spacial score (nSPS) is 13.5. The molecule has 0 saturated carbocycles. The number of methoxy groups -OCH3 is 1. The van der Waals surface area contributed by atoms with Crippen LogP contribution in [0.4, 0.5) is 4.79 Å². The third-order valence-electron chi connectivity index (χ3n) is 4.13. The maximum atomic E-state index is 11.9. The molecule has 172 valence electrons. The van der Waals surface area contributed by atoms with Gasteiger partial charge in [0.2, 0.25) is 0 Å². The van der Waals surface area contributed by atoms with Gasteiger partial charge in [0.1, 0.15) is 11.6 Å². The molecule has 0 rings (SSSR count). The van der Waals surface area contributed by atoms with Crippen LogP contribution in [0.25, 0.3) is 0 Å². The lowest BCUT2D eigenvalue weighted by Gasteiger charge is -2.22. The molecule has 0 unspecified atom stereocenters. The van der Waals surface area contributed by atoms with Gasteiger partial charge in [-0.05, 0) is 74.1 Å². The molecule has 30 heavy (non-hydrogen) atoms. The average Bonchev–Trinajstić information content (AvgIpc) is 2.61. The molecule has 1 amide bonds. The summed E-state index contributed by atoms with van der Waals surface area (Å²) in [6.07, 6.45) is 10.4. The van der Waals surface area contributed by atoms with Crippen LogP contribution in [0, 0.1) is 0 Å². The number of hydrogen-bond donors (Lipinski definition) is 1. The molecule has 0 aliphatic carbocycles. The van der Waals surface area contributed by atoms with Crippen molar-refractivity contribution in [1.29, 1.82) is 0 Å². The minimum Gasteiger partial charge on any atom is -0.467 e. The van der Waals surface area contributed by atoms with Gasteiger partial charge in [0.15, 0.2) is 0 Å². The number of carbonyl (C=O) groups is 2. The topological polar surface area (TPSA) is 64.6 Å². The van der Waals surface area contributed by atoms with E-state index in [9.17, 15) is 9.59 Å². The Labute approximate surface area is 187 Å². The van der Waals surface area contributed by atoms with Gasteiger partial charge in [-0.25, -0.2) is 9.59 Å². The molecule has 0 aliphatic heterocycles.